The van der Waals surface area contributed by atoms with Gasteiger partial charge in [0.25, 0.3) is 0 Å². The van der Waals surface area contributed by atoms with Crippen molar-refractivity contribution in [3.05, 3.63) is 29.8 Å². The van der Waals surface area contributed by atoms with Crippen molar-refractivity contribution in [3.8, 4) is 5.75 Å². The summed E-state index contributed by atoms with van der Waals surface area (Å²) in [5.74, 6) is -0.661. The minimum atomic E-state index is -1.04. The van der Waals surface area contributed by atoms with Crippen LogP contribution in [0.15, 0.2) is 24.3 Å². The fraction of sp³-hybridized carbons (Fsp3) is 0.200. The standard InChI is InChI=1S/C10H10O4/c1-7(10(12)13)14-9-4-2-3-8(5-9)6-11/h2-7H,1H3,(H,12,13)/t7-/m1/s1. The number of carboxylic acids is 1. The maximum Gasteiger partial charge on any atom is 0.344 e. The summed E-state index contributed by atoms with van der Waals surface area (Å²) in [5, 5.41) is 8.58. The third-order valence-corrected chi connectivity index (χ3v) is 1.65. The molecule has 0 saturated heterocycles. The van der Waals surface area contributed by atoms with Gasteiger partial charge in [-0.3, -0.25) is 4.79 Å². The van der Waals surface area contributed by atoms with Crippen LogP contribution < -0.4 is 4.74 Å². The molecular weight excluding hydrogens is 184 g/mol. The lowest BCUT2D eigenvalue weighted by atomic mass is 10.2. The molecule has 0 saturated carbocycles. The molecule has 0 aliphatic rings. The Morgan fingerprint density at radius 2 is 2.29 bits per heavy atom. The van der Waals surface area contributed by atoms with Gasteiger partial charge in [0.15, 0.2) is 6.10 Å². The SMILES string of the molecule is C[C@@H](Oc1cccc(C=O)c1)C(=O)O. The van der Waals surface area contributed by atoms with Crippen molar-refractivity contribution in [2.75, 3.05) is 0 Å². The largest absolute Gasteiger partial charge is 0.479 e. The molecule has 0 aliphatic carbocycles. The van der Waals surface area contributed by atoms with Crippen LogP contribution in [-0.4, -0.2) is 23.5 Å². The first-order valence-electron chi connectivity index (χ1n) is 4.08. The van der Waals surface area contributed by atoms with E-state index in [2.05, 4.69) is 0 Å². The Labute approximate surface area is 81.1 Å². The molecule has 0 heterocycles. The summed E-state index contributed by atoms with van der Waals surface area (Å²) in [7, 11) is 0. The number of carboxylic acid groups (broad SMARTS) is 1. The third-order valence-electron chi connectivity index (χ3n) is 1.65. The van der Waals surface area contributed by atoms with Gasteiger partial charge >= 0.3 is 5.97 Å². The minimum Gasteiger partial charge on any atom is -0.479 e. The van der Waals surface area contributed by atoms with Crippen molar-refractivity contribution >= 4 is 12.3 Å². The summed E-state index contributed by atoms with van der Waals surface area (Å²) in [4.78, 5) is 20.9. The van der Waals surface area contributed by atoms with Crippen LogP contribution in [0, 0.1) is 0 Å². The molecule has 4 nitrogen and oxygen atoms in total. The van der Waals surface area contributed by atoms with Crippen molar-refractivity contribution in [1.82, 2.24) is 0 Å². The van der Waals surface area contributed by atoms with Gasteiger partial charge < -0.3 is 9.84 Å². The molecule has 1 aromatic carbocycles. The third kappa shape index (κ3) is 2.58. The van der Waals surface area contributed by atoms with Crippen LogP contribution in [-0.2, 0) is 4.79 Å². The molecule has 74 valence electrons. The van der Waals surface area contributed by atoms with E-state index in [-0.39, 0.29) is 0 Å². The molecule has 0 unspecified atom stereocenters. The number of rotatable bonds is 4. The molecule has 1 aromatic rings. The Hall–Kier alpha value is -1.84. The first kappa shape index (κ1) is 10.2. The average molecular weight is 194 g/mol. The van der Waals surface area contributed by atoms with Gasteiger partial charge in [0.1, 0.15) is 12.0 Å². The molecule has 14 heavy (non-hydrogen) atoms. The highest BCUT2D eigenvalue weighted by Gasteiger charge is 2.11. The minimum absolute atomic E-state index is 0.379. The fourth-order valence-electron chi connectivity index (χ4n) is 0.916. The zero-order valence-electron chi connectivity index (χ0n) is 7.64. The summed E-state index contributed by atoms with van der Waals surface area (Å²) in [6.45, 7) is 1.43. The molecule has 1 N–H and O–H groups in total. The molecule has 0 bridgehead atoms. The highest BCUT2D eigenvalue weighted by molar-refractivity contribution is 5.75. The van der Waals surface area contributed by atoms with Crippen LogP contribution in [0.25, 0.3) is 0 Å². The number of carbonyl (C=O) groups excluding carboxylic acids is 1. The number of ether oxygens (including phenoxy) is 1. The van der Waals surface area contributed by atoms with Gasteiger partial charge in [-0.15, -0.1) is 0 Å². The first-order valence-corrected chi connectivity index (χ1v) is 4.08. The van der Waals surface area contributed by atoms with Gasteiger partial charge in [0.05, 0.1) is 0 Å². The zero-order valence-corrected chi connectivity index (χ0v) is 7.64. The number of hydrogen-bond donors (Lipinski definition) is 1. The van der Waals surface area contributed by atoms with Crippen LogP contribution in [0.1, 0.15) is 17.3 Å². The van der Waals surface area contributed by atoms with E-state index in [0.29, 0.717) is 17.6 Å². The molecule has 0 spiro atoms. The first-order chi connectivity index (χ1) is 6.63. The Morgan fingerprint density at radius 1 is 1.57 bits per heavy atom. The van der Waals surface area contributed by atoms with E-state index in [4.69, 9.17) is 9.84 Å². The molecule has 0 radical (unpaired) electrons. The summed E-state index contributed by atoms with van der Waals surface area (Å²) >= 11 is 0. The van der Waals surface area contributed by atoms with Crippen molar-refractivity contribution in [2.24, 2.45) is 0 Å². The van der Waals surface area contributed by atoms with Gasteiger partial charge in [-0.25, -0.2) is 4.79 Å². The van der Waals surface area contributed by atoms with Gasteiger partial charge in [0, 0.05) is 5.56 Å². The van der Waals surface area contributed by atoms with E-state index in [0.717, 1.165) is 0 Å². The number of hydrogen-bond acceptors (Lipinski definition) is 3. The topological polar surface area (TPSA) is 63.6 Å². The van der Waals surface area contributed by atoms with E-state index in [1.165, 1.54) is 13.0 Å². The van der Waals surface area contributed by atoms with Crippen LogP contribution in [0.3, 0.4) is 0 Å². The Bertz CT molecular complexity index is 346. The molecule has 1 atom stereocenters. The highest BCUT2D eigenvalue weighted by atomic mass is 16.5. The molecule has 1 rings (SSSR count). The second kappa shape index (κ2) is 4.41. The number of aliphatic carboxylic acids is 1. The second-order valence-electron chi connectivity index (χ2n) is 2.79. The van der Waals surface area contributed by atoms with Crippen molar-refractivity contribution in [2.45, 2.75) is 13.0 Å². The molecule has 0 aliphatic heterocycles. The smallest absolute Gasteiger partial charge is 0.344 e. The number of carbonyl (C=O) groups is 2. The maximum atomic E-state index is 10.5. The summed E-state index contributed by atoms with van der Waals surface area (Å²) in [5.41, 5.74) is 0.458. The summed E-state index contributed by atoms with van der Waals surface area (Å²) in [6, 6.07) is 6.35. The molecule has 4 heteroatoms. The summed E-state index contributed by atoms with van der Waals surface area (Å²) in [6.07, 6.45) is -0.241. The van der Waals surface area contributed by atoms with E-state index >= 15 is 0 Å². The number of benzene rings is 1. The van der Waals surface area contributed by atoms with Crippen molar-refractivity contribution in [1.29, 1.82) is 0 Å². The lowest BCUT2D eigenvalue weighted by Crippen LogP contribution is -2.22. The van der Waals surface area contributed by atoms with E-state index in [9.17, 15) is 9.59 Å². The van der Waals surface area contributed by atoms with E-state index in [1.807, 2.05) is 0 Å². The fourth-order valence-corrected chi connectivity index (χ4v) is 0.916. The van der Waals surface area contributed by atoms with Crippen LogP contribution >= 0.6 is 0 Å². The summed E-state index contributed by atoms with van der Waals surface area (Å²) < 4.78 is 5.06. The van der Waals surface area contributed by atoms with Crippen molar-refractivity contribution < 1.29 is 19.4 Å². The van der Waals surface area contributed by atoms with Crippen molar-refractivity contribution in [3.63, 3.8) is 0 Å². The van der Waals surface area contributed by atoms with Crippen LogP contribution in [0.4, 0.5) is 0 Å². The zero-order chi connectivity index (χ0) is 10.6. The molecule has 0 fully saturated rings. The van der Waals surface area contributed by atoms with Gasteiger partial charge in [-0.05, 0) is 19.1 Å². The average Bonchev–Trinajstić information content (AvgIpc) is 2.18. The predicted octanol–water partition coefficient (Wildman–Crippen LogP) is 1.35. The maximum absolute atomic E-state index is 10.5. The Kier molecular flexibility index (Phi) is 3.23. The Balaban J connectivity index is 2.76. The molecule has 0 aromatic heterocycles. The van der Waals surface area contributed by atoms with E-state index in [1.54, 1.807) is 18.2 Å². The molecular formula is C10H10O4. The van der Waals surface area contributed by atoms with Crippen LogP contribution in [0.5, 0.6) is 5.75 Å². The van der Waals surface area contributed by atoms with E-state index < -0.39 is 12.1 Å². The van der Waals surface area contributed by atoms with Gasteiger partial charge in [-0.2, -0.15) is 0 Å². The molecule has 0 amide bonds. The Morgan fingerprint density at radius 3 is 2.86 bits per heavy atom. The monoisotopic (exact) mass is 194 g/mol. The predicted molar refractivity (Wildman–Crippen MR) is 49.6 cm³/mol. The lowest BCUT2D eigenvalue weighted by Gasteiger charge is -2.09. The van der Waals surface area contributed by atoms with Gasteiger partial charge in [0.2, 0.25) is 0 Å². The quantitative estimate of drug-likeness (QED) is 0.735. The van der Waals surface area contributed by atoms with Gasteiger partial charge in [-0.1, -0.05) is 12.1 Å². The normalized spacial score (nSPS) is 11.8. The van der Waals surface area contributed by atoms with Crippen LogP contribution in [0.2, 0.25) is 0 Å². The number of aldehydes is 1. The lowest BCUT2D eigenvalue weighted by molar-refractivity contribution is -0.144. The highest BCUT2D eigenvalue weighted by Crippen LogP contribution is 2.13. The second-order valence-corrected chi connectivity index (χ2v) is 2.79.